The van der Waals surface area contributed by atoms with Crippen LogP contribution in [0.1, 0.15) is 15.9 Å². The summed E-state index contributed by atoms with van der Waals surface area (Å²) in [5, 5.41) is 12.4. The summed E-state index contributed by atoms with van der Waals surface area (Å²) in [4.78, 5) is 27.2. The molecule has 0 radical (unpaired) electrons. The Morgan fingerprint density at radius 1 is 1.07 bits per heavy atom. The van der Waals surface area contributed by atoms with Gasteiger partial charge in [0, 0.05) is 13.1 Å². The number of aromatic hydroxyl groups is 1. The van der Waals surface area contributed by atoms with Gasteiger partial charge in [0.2, 0.25) is 0 Å². The summed E-state index contributed by atoms with van der Waals surface area (Å²) in [6.07, 6.45) is 1.58. The Balaban J connectivity index is 1.89. The highest BCUT2D eigenvalue weighted by atomic mass is 35.5. The molecule has 3 rings (SSSR count). The van der Waals surface area contributed by atoms with Gasteiger partial charge in [-0.05, 0) is 35.9 Å². The third-order valence-corrected chi connectivity index (χ3v) is 4.43. The summed E-state index contributed by atoms with van der Waals surface area (Å²) in [7, 11) is 0. The van der Waals surface area contributed by atoms with Crippen molar-refractivity contribution in [3.63, 3.8) is 0 Å². The average molecular weight is 387 g/mol. The molecule has 1 fully saturated rings. The number of nitrogens with zero attached hydrogens (tertiary/aromatic N) is 1. The Morgan fingerprint density at radius 3 is 2.41 bits per heavy atom. The Labute approximate surface area is 162 Å². The lowest BCUT2D eigenvalue weighted by molar-refractivity contribution is -0.131. The van der Waals surface area contributed by atoms with Crippen LogP contribution in [0.15, 0.2) is 54.2 Å². The monoisotopic (exact) mass is 386 g/mol. The molecule has 0 spiro atoms. The van der Waals surface area contributed by atoms with Crippen LogP contribution >= 0.6 is 11.6 Å². The van der Waals surface area contributed by atoms with E-state index in [0.717, 1.165) is 0 Å². The summed E-state index contributed by atoms with van der Waals surface area (Å²) < 4.78 is 5.28. The van der Waals surface area contributed by atoms with E-state index in [9.17, 15) is 14.7 Å². The third-order valence-electron chi connectivity index (χ3n) is 4.10. The number of hydrogen-bond acceptors (Lipinski definition) is 4. The summed E-state index contributed by atoms with van der Waals surface area (Å²) in [5.41, 5.74) is 1.09. The van der Waals surface area contributed by atoms with Crippen molar-refractivity contribution in [1.29, 1.82) is 0 Å². The number of carbonyl (C=O) groups excluding carboxylic acids is 2. The van der Waals surface area contributed by atoms with E-state index in [1.54, 1.807) is 47.4 Å². The smallest absolute Gasteiger partial charge is 0.270 e. The van der Waals surface area contributed by atoms with Gasteiger partial charge in [-0.2, -0.15) is 0 Å². The van der Waals surface area contributed by atoms with E-state index in [1.807, 2.05) is 0 Å². The fraction of sp³-hybridized carbons (Fsp3) is 0.200. The van der Waals surface area contributed by atoms with E-state index in [2.05, 4.69) is 5.32 Å². The van der Waals surface area contributed by atoms with E-state index in [0.29, 0.717) is 36.9 Å². The number of ether oxygens (including phenoxy) is 1. The number of nitrogens with one attached hydrogen (secondary N) is 1. The molecule has 2 aromatic carbocycles. The highest BCUT2D eigenvalue weighted by Crippen LogP contribution is 2.17. The Hall–Kier alpha value is -2.83. The van der Waals surface area contributed by atoms with Crippen molar-refractivity contribution in [1.82, 2.24) is 10.2 Å². The molecule has 0 aliphatic carbocycles. The Kier molecular flexibility index (Phi) is 6.11. The van der Waals surface area contributed by atoms with Gasteiger partial charge in [0.05, 0.1) is 23.8 Å². The molecule has 1 saturated heterocycles. The van der Waals surface area contributed by atoms with Gasteiger partial charge < -0.3 is 20.1 Å². The standard InChI is InChI=1S/C20H19ClN2O4/c21-17-4-2-1-3-16(17)19(25)22-18(13-14-5-7-15(24)8-6-14)20(26)23-9-11-27-12-10-23/h1-8,13,24H,9-12H2,(H,22,25)/b18-13+. The van der Waals surface area contributed by atoms with Crippen LogP contribution in [0.3, 0.4) is 0 Å². The lowest BCUT2D eigenvalue weighted by Gasteiger charge is -2.28. The van der Waals surface area contributed by atoms with Crippen molar-refractivity contribution in [2.45, 2.75) is 0 Å². The van der Waals surface area contributed by atoms with Crippen molar-refractivity contribution >= 4 is 29.5 Å². The summed E-state index contributed by atoms with van der Waals surface area (Å²) in [6.45, 7) is 1.81. The lowest BCUT2D eigenvalue weighted by Crippen LogP contribution is -2.44. The van der Waals surface area contributed by atoms with Crippen molar-refractivity contribution in [3.05, 3.63) is 70.4 Å². The summed E-state index contributed by atoms with van der Waals surface area (Å²) >= 11 is 6.09. The molecule has 2 N–H and O–H groups in total. The third kappa shape index (κ3) is 4.87. The molecule has 6 nitrogen and oxygen atoms in total. The number of rotatable bonds is 4. The number of carbonyl (C=O) groups is 2. The molecule has 27 heavy (non-hydrogen) atoms. The van der Waals surface area contributed by atoms with Crippen molar-refractivity contribution < 1.29 is 19.4 Å². The molecule has 1 heterocycles. The molecule has 2 aromatic rings. The average Bonchev–Trinajstić information content (AvgIpc) is 2.69. The van der Waals surface area contributed by atoms with Crippen molar-refractivity contribution in [2.24, 2.45) is 0 Å². The molecule has 0 atom stereocenters. The largest absolute Gasteiger partial charge is 0.508 e. The number of morpholine rings is 1. The van der Waals surface area contributed by atoms with Crippen LogP contribution in [0.2, 0.25) is 5.02 Å². The molecule has 0 saturated carbocycles. The normalized spacial score (nSPS) is 14.7. The lowest BCUT2D eigenvalue weighted by atomic mass is 10.1. The van der Waals surface area contributed by atoms with E-state index in [4.69, 9.17) is 16.3 Å². The zero-order valence-electron chi connectivity index (χ0n) is 14.5. The van der Waals surface area contributed by atoms with Gasteiger partial charge in [0.25, 0.3) is 11.8 Å². The highest BCUT2D eigenvalue weighted by molar-refractivity contribution is 6.34. The molecule has 1 aliphatic rings. The first kappa shape index (κ1) is 18.9. The Morgan fingerprint density at radius 2 is 1.74 bits per heavy atom. The summed E-state index contributed by atoms with van der Waals surface area (Å²) in [5.74, 6) is -0.646. The number of benzene rings is 2. The number of hydrogen-bond donors (Lipinski definition) is 2. The molecular weight excluding hydrogens is 368 g/mol. The van der Waals surface area contributed by atoms with E-state index in [-0.39, 0.29) is 22.9 Å². The molecule has 0 aromatic heterocycles. The maximum absolute atomic E-state index is 12.9. The predicted molar refractivity (Wildman–Crippen MR) is 102 cm³/mol. The number of phenolic OH excluding ortho intramolecular Hbond substituents is 1. The highest BCUT2D eigenvalue weighted by Gasteiger charge is 2.23. The minimum atomic E-state index is -0.466. The fourth-order valence-electron chi connectivity index (χ4n) is 2.66. The van der Waals surface area contributed by atoms with Gasteiger partial charge in [-0.3, -0.25) is 9.59 Å². The topological polar surface area (TPSA) is 78.9 Å². The SMILES string of the molecule is O=C(N/C(=C/c1ccc(O)cc1)C(=O)N1CCOCC1)c1ccccc1Cl. The molecule has 140 valence electrons. The van der Waals surface area contributed by atoms with E-state index >= 15 is 0 Å². The zero-order valence-corrected chi connectivity index (χ0v) is 15.3. The van der Waals surface area contributed by atoms with Gasteiger partial charge in [0.1, 0.15) is 11.4 Å². The molecule has 0 unspecified atom stereocenters. The molecule has 7 heteroatoms. The maximum atomic E-state index is 12.9. The van der Waals surface area contributed by atoms with Gasteiger partial charge >= 0.3 is 0 Å². The fourth-order valence-corrected chi connectivity index (χ4v) is 2.88. The molecule has 0 bridgehead atoms. The molecular formula is C20H19ClN2O4. The van der Waals surface area contributed by atoms with Crippen molar-refractivity contribution in [2.75, 3.05) is 26.3 Å². The predicted octanol–water partition coefficient (Wildman–Crippen LogP) is 2.68. The number of halogens is 1. The first-order valence-electron chi connectivity index (χ1n) is 8.48. The van der Waals surface area contributed by atoms with Crippen LogP contribution in [0.5, 0.6) is 5.75 Å². The van der Waals surface area contributed by atoms with Gasteiger partial charge in [-0.15, -0.1) is 0 Å². The minimum Gasteiger partial charge on any atom is -0.508 e. The summed E-state index contributed by atoms with van der Waals surface area (Å²) in [6, 6.07) is 13.0. The molecule has 2 amide bonds. The second kappa shape index (κ2) is 8.70. The number of amides is 2. The first-order chi connectivity index (χ1) is 13.0. The quantitative estimate of drug-likeness (QED) is 0.792. The number of phenols is 1. The molecule has 1 aliphatic heterocycles. The maximum Gasteiger partial charge on any atom is 0.270 e. The van der Waals surface area contributed by atoms with E-state index < -0.39 is 5.91 Å². The Bertz CT molecular complexity index is 859. The van der Waals surface area contributed by atoms with E-state index in [1.165, 1.54) is 12.1 Å². The zero-order chi connectivity index (χ0) is 19.2. The second-order valence-corrected chi connectivity index (χ2v) is 6.40. The van der Waals surface area contributed by atoms with Crippen LogP contribution in [0.4, 0.5) is 0 Å². The van der Waals surface area contributed by atoms with Gasteiger partial charge in [0.15, 0.2) is 0 Å². The second-order valence-electron chi connectivity index (χ2n) is 5.99. The van der Waals surface area contributed by atoms with Gasteiger partial charge in [-0.1, -0.05) is 35.9 Å². The van der Waals surface area contributed by atoms with Crippen LogP contribution in [-0.2, 0) is 9.53 Å². The van der Waals surface area contributed by atoms with Crippen LogP contribution in [0.25, 0.3) is 6.08 Å². The minimum absolute atomic E-state index is 0.119. The first-order valence-corrected chi connectivity index (χ1v) is 8.86. The van der Waals surface area contributed by atoms with Crippen LogP contribution in [-0.4, -0.2) is 48.1 Å². The van der Waals surface area contributed by atoms with Crippen molar-refractivity contribution in [3.8, 4) is 5.75 Å². The van der Waals surface area contributed by atoms with Crippen LogP contribution < -0.4 is 5.32 Å². The van der Waals surface area contributed by atoms with Crippen LogP contribution in [0, 0.1) is 0 Å². The van der Waals surface area contributed by atoms with Gasteiger partial charge in [-0.25, -0.2) is 0 Å².